The fraction of sp³-hybridized carbons (Fsp3) is 0.833. The number of hydrogen-bond donors (Lipinski definition) is 3. The highest BCUT2D eigenvalue weighted by molar-refractivity contribution is 5.86. The molecule has 0 aromatic carbocycles. The van der Waals surface area contributed by atoms with E-state index in [2.05, 4.69) is 5.48 Å². The molecule has 10 nitrogen and oxygen atoms in total. The van der Waals surface area contributed by atoms with Crippen molar-refractivity contribution >= 4 is 18.0 Å². The highest BCUT2D eigenvalue weighted by atomic mass is 16.7. The molecule has 10 heteroatoms. The number of ether oxygens (including phenoxy) is 1. The van der Waals surface area contributed by atoms with Crippen LogP contribution in [0.3, 0.4) is 0 Å². The van der Waals surface area contributed by atoms with E-state index >= 15 is 0 Å². The van der Waals surface area contributed by atoms with Gasteiger partial charge in [0.1, 0.15) is 11.6 Å². The van der Waals surface area contributed by atoms with Gasteiger partial charge in [-0.1, -0.05) is 0 Å². The van der Waals surface area contributed by atoms with Gasteiger partial charge < -0.3 is 14.5 Å². The number of rotatable bonds is 4. The lowest BCUT2D eigenvalue weighted by Crippen LogP contribution is -2.54. The molecule has 2 rings (SSSR count). The lowest BCUT2D eigenvalue weighted by atomic mass is 9.99. The van der Waals surface area contributed by atoms with Gasteiger partial charge in [-0.3, -0.25) is 14.8 Å². The molecule has 2 atom stereocenters. The van der Waals surface area contributed by atoms with Crippen molar-refractivity contribution in [1.29, 1.82) is 0 Å². The molecule has 2 aliphatic heterocycles. The van der Waals surface area contributed by atoms with E-state index in [1.165, 1.54) is 4.90 Å². The van der Waals surface area contributed by atoms with Gasteiger partial charge in [-0.25, -0.2) is 20.5 Å². The number of carbonyl (C=O) groups is 3. The lowest BCUT2D eigenvalue weighted by molar-refractivity contribution is -0.141. The van der Waals surface area contributed by atoms with E-state index in [0.29, 0.717) is 26.1 Å². The number of nitrogens with zero attached hydrogens (tertiary/aromatic N) is 2. The summed E-state index contributed by atoms with van der Waals surface area (Å²) in [7, 11) is 0. The molecule has 0 aromatic heterocycles. The summed E-state index contributed by atoms with van der Waals surface area (Å²) in [6.07, 6.45) is 3.50. The average molecular weight is 400 g/mol. The van der Waals surface area contributed by atoms with E-state index in [0.717, 1.165) is 25.7 Å². The minimum Gasteiger partial charge on any atom is -0.444 e. The van der Waals surface area contributed by atoms with Crippen molar-refractivity contribution < 1.29 is 29.2 Å². The zero-order valence-electron chi connectivity index (χ0n) is 16.9. The first kappa shape index (κ1) is 22.2. The number of hydroxylamine groups is 2. The van der Waals surface area contributed by atoms with E-state index in [9.17, 15) is 14.4 Å². The highest BCUT2D eigenvalue weighted by Gasteiger charge is 2.33. The van der Waals surface area contributed by atoms with E-state index in [-0.39, 0.29) is 18.6 Å². The standard InChI is InChI=1S/C18H32N4O6/c1-18(2,3)28-17(25)21-9-6-7-13(11-21)12-27-20-15(23)14-8-4-5-10-22(14)16(24)19-26/h13-14,26H,4-12H2,1-3H3,(H,19,24)(H,20,23)/t13?,14-/m0/s1. The first-order chi connectivity index (χ1) is 13.2. The van der Waals surface area contributed by atoms with Gasteiger partial charge in [0.2, 0.25) is 0 Å². The Kier molecular flexibility index (Phi) is 7.88. The van der Waals surface area contributed by atoms with E-state index < -0.39 is 23.6 Å². The molecule has 0 aromatic rings. The summed E-state index contributed by atoms with van der Waals surface area (Å²) < 4.78 is 5.41. The second kappa shape index (κ2) is 9.92. The van der Waals surface area contributed by atoms with Crippen molar-refractivity contribution in [3.63, 3.8) is 0 Å². The Labute approximate surface area is 165 Å². The Morgan fingerprint density at radius 2 is 1.86 bits per heavy atom. The van der Waals surface area contributed by atoms with Crippen LogP contribution in [0.5, 0.6) is 0 Å². The number of carbonyl (C=O) groups excluding carboxylic acids is 3. The molecule has 4 amide bonds. The normalized spacial score (nSPS) is 23.1. The SMILES string of the molecule is CC(C)(C)OC(=O)N1CCCC(CONC(=O)[C@@H]2CCCCN2C(=O)NO)C1. The third-order valence-corrected chi connectivity index (χ3v) is 4.82. The highest BCUT2D eigenvalue weighted by Crippen LogP contribution is 2.20. The Bertz CT molecular complexity index is 565. The maximum atomic E-state index is 12.4. The van der Waals surface area contributed by atoms with Gasteiger partial charge in [-0.15, -0.1) is 0 Å². The van der Waals surface area contributed by atoms with Gasteiger partial charge >= 0.3 is 12.1 Å². The summed E-state index contributed by atoms with van der Waals surface area (Å²) in [4.78, 5) is 44.6. The number of nitrogens with one attached hydrogen (secondary N) is 2. The molecule has 0 bridgehead atoms. The number of hydrogen-bond acceptors (Lipinski definition) is 6. The quantitative estimate of drug-likeness (QED) is 0.487. The first-order valence-electron chi connectivity index (χ1n) is 9.81. The third kappa shape index (κ3) is 6.52. The zero-order valence-corrected chi connectivity index (χ0v) is 16.9. The Balaban J connectivity index is 1.78. The molecular weight excluding hydrogens is 368 g/mol. The van der Waals surface area contributed by atoms with E-state index in [1.807, 2.05) is 20.8 Å². The van der Waals surface area contributed by atoms with Crippen molar-refractivity contribution in [3.05, 3.63) is 0 Å². The van der Waals surface area contributed by atoms with Crippen LogP contribution in [0.4, 0.5) is 9.59 Å². The molecule has 3 N–H and O–H groups in total. The minimum absolute atomic E-state index is 0.0877. The molecule has 0 aliphatic carbocycles. The molecule has 0 saturated carbocycles. The number of urea groups is 1. The molecule has 28 heavy (non-hydrogen) atoms. The van der Waals surface area contributed by atoms with E-state index in [1.54, 1.807) is 10.4 Å². The van der Waals surface area contributed by atoms with Gasteiger partial charge in [0, 0.05) is 25.6 Å². The van der Waals surface area contributed by atoms with Crippen LogP contribution in [-0.2, 0) is 14.4 Å². The van der Waals surface area contributed by atoms with Crippen LogP contribution in [0.25, 0.3) is 0 Å². The maximum absolute atomic E-state index is 12.4. The molecule has 0 radical (unpaired) electrons. The minimum atomic E-state index is -0.694. The first-order valence-corrected chi connectivity index (χ1v) is 9.81. The topological polar surface area (TPSA) is 120 Å². The zero-order chi connectivity index (χ0) is 20.7. The van der Waals surface area contributed by atoms with Gasteiger partial charge in [-0.2, -0.15) is 0 Å². The Hall–Kier alpha value is -2.07. The third-order valence-electron chi connectivity index (χ3n) is 4.82. The van der Waals surface area contributed by atoms with Crippen molar-refractivity contribution in [2.45, 2.75) is 64.5 Å². The van der Waals surface area contributed by atoms with Gasteiger partial charge in [-0.05, 0) is 52.9 Å². The summed E-state index contributed by atoms with van der Waals surface area (Å²) >= 11 is 0. The van der Waals surface area contributed by atoms with Crippen LogP contribution in [0.1, 0.15) is 52.9 Å². The fourth-order valence-corrected chi connectivity index (χ4v) is 3.50. The van der Waals surface area contributed by atoms with Crippen molar-refractivity contribution in [2.24, 2.45) is 5.92 Å². The summed E-state index contributed by atoms with van der Waals surface area (Å²) in [5, 5.41) is 8.83. The monoisotopic (exact) mass is 400 g/mol. The Morgan fingerprint density at radius 3 is 2.54 bits per heavy atom. The van der Waals surface area contributed by atoms with Crippen molar-refractivity contribution in [1.82, 2.24) is 20.8 Å². The largest absolute Gasteiger partial charge is 0.444 e. The molecule has 160 valence electrons. The summed E-state index contributed by atoms with van der Waals surface area (Å²) in [5.41, 5.74) is 3.45. The van der Waals surface area contributed by atoms with E-state index in [4.69, 9.17) is 14.8 Å². The number of likely N-dealkylation sites (tertiary alicyclic amines) is 2. The molecule has 0 spiro atoms. The fourth-order valence-electron chi connectivity index (χ4n) is 3.50. The molecule has 2 fully saturated rings. The van der Waals surface area contributed by atoms with Crippen molar-refractivity contribution in [3.8, 4) is 0 Å². The van der Waals surface area contributed by atoms with Gasteiger partial charge in [0.05, 0.1) is 6.61 Å². The molecule has 1 unspecified atom stereocenters. The summed E-state index contributed by atoms with van der Waals surface area (Å²) in [6.45, 7) is 7.31. The van der Waals surface area contributed by atoms with Crippen LogP contribution >= 0.6 is 0 Å². The van der Waals surface area contributed by atoms with Crippen molar-refractivity contribution in [2.75, 3.05) is 26.2 Å². The predicted octanol–water partition coefficient (Wildman–Crippen LogP) is 1.63. The lowest BCUT2D eigenvalue weighted by Gasteiger charge is -2.35. The predicted molar refractivity (Wildman–Crippen MR) is 99.3 cm³/mol. The maximum Gasteiger partial charge on any atom is 0.410 e. The van der Waals surface area contributed by atoms with Gasteiger partial charge in [0.25, 0.3) is 5.91 Å². The van der Waals surface area contributed by atoms with Gasteiger partial charge in [0.15, 0.2) is 0 Å². The number of amides is 4. The summed E-state index contributed by atoms with van der Waals surface area (Å²) in [6, 6.07) is -1.37. The summed E-state index contributed by atoms with van der Waals surface area (Å²) in [5.74, 6) is -0.326. The molecule has 2 saturated heterocycles. The molecule has 2 aliphatic rings. The smallest absolute Gasteiger partial charge is 0.410 e. The van der Waals surface area contributed by atoms with Crippen LogP contribution in [0, 0.1) is 5.92 Å². The average Bonchev–Trinajstić information content (AvgIpc) is 2.66. The van der Waals surface area contributed by atoms with Crippen LogP contribution in [0.2, 0.25) is 0 Å². The van der Waals surface area contributed by atoms with Crippen LogP contribution in [0.15, 0.2) is 0 Å². The van der Waals surface area contributed by atoms with Crippen LogP contribution < -0.4 is 11.0 Å². The second-order valence-electron chi connectivity index (χ2n) is 8.33. The molecule has 2 heterocycles. The second-order valence-corrected chi connectivity index (χ2v) is 8.33. The Morgan fingerprint density at radius 1 is 1.11 bits per heavy atom. The number of piperidine rings is 2. The molecular formula is C18H32N4O6. The van der Waals surface area contributed by atoms with Crippen LogP contribution in [-0.4, -0.2) is 70.9 Å².